The summed E-state index contributed by atoms with van der Waals surface area (Å²) < 4.78 is 1.85. The van der Waals surface area contributed by atoms with Gasteiger partial charge in [-0.25, -0.2) is 9.97 Å². The lowest BCUT2D eigenvalue weighted by molar-refractivity contribution is 0.909. The van der Waals surface area contributed by atoms with Crippen molar-refractivity contribution in [3.8, 4) is 11.5 Å². The monoisotopic (exact) mass is 197 g/mol. The maximum absolute atomic E-state index is 5.59. The molecule has 6 heteroatoms. The number of H-pyrrole nitrogens is 1. The van der Waals surface area contributed by atoms with Gasteiger partial charge in [-0.15, -0.1) is 11.6 Å². The summed E-state index contributed by atoms with van der Waals surface area (Å²) >= 11 is 5.59. The first-order valence-electron chi connectivity index (χ1n) is 3.75. The van der Waals surface area contributed by atoms with Crippen molar-refractivity contribution in [1.29, 1.82) is 0 Å². The molecule has 5 nitrogen and oxygen atoms in total. The topological polar surface area (TPSA) is 59.4 Å². The van der Waals surface area contributed by atoms with Crippen LogP contribution in [-0.2, 0) is 12.9 Å². The minimum absolute atomic E-state index is 0.338. The number of aromatic amines is 1. The van der Waals surface area contributed by atoms with E-state index >= 15 is 0 Å². The van der Waals surface area contributed by atoms with E-state index in [0.29, 0.717) is 17.5 Å². The van der Waals surface area contributed by atoms with Gasteiger partial charge >= 0.3 is 0 Å². The number of nitrogens with one attached hydrogen (secondary N) is 1. The van der Waals surface area contributed by atoms with Crippen LogP contribution in [0.5, 0.6) is 0 Å². The Morgan fingerprint density at radius 3 is 3.00 bits per heavy atom. The Balaban J connectivity index is 2.41. The summed E-state index contributed by atoms with van der Waals surface area (Å²) in [5.41, 5.74) is 0.868. The van der Waals surface area contributed by atoms with E-state index in [1.165, 1.54) is 0 Å². The number of halogens is 1. The number of aromatic nitrogens is 5. The SMILES string of the molecule is Cn1cncc1-c1n[nH]c(CCl)n1. The molecule has 13 heavy (non-hydrogen) atoms. The first kappa shape index (κ1) is 8.25. The molecule has 2 aromatic heterocycles. The molecule has 2 aromatic rings. The second kappa shape index (κ2) is 3.18. The van der Waals surface area contributed by atoms with Crippen molar-refractivity contribution in [2.75, 3.05) is 0 Å². The van der Waals surface area contributed by atoms with Crippen molar-refractivity contribution in [2.45, 2.75) is 5.88 Å². The molecular formula is C7H8ClN5. The molecule has 1 N–H and O–H groups in total. The number of hydrogen-bond donors (Lipinski definition) is 1. The van der Waals surface area contributed by atoms with Crippen LogP contribution in [0.2, 0.25) is 0 Å². The fourth-order valence-electron chi connectivity index (χ4n) is 1.04. The third-order valence-electron chi connectivity index (χ3n) is 1.70. The van der Waals surface area contributed by atoms with Gasteiger partial charge in [0.25, 0.3) is 0 Å². The van der Waals surface area contributed by atoms with Gasteiger partial charge in [0.1, 0.15) is 11.5 Å². The fourth-order valence-corrected chi connectivity index (χ4v) is 1.16. The lowest BCUT2D eigenvalue weighted by Gasteiger charge is -1.93. The predicted octanol–water partition coefficient (Wildman–Crippen LogP) is 0.944. The van der Waals surface area contributed by atoms with Crippen LogP contribution in [0.25, 0.3) is 11.5 Å². The smallest absolute Gasteiger partial charge is 0.199 e. The highest BCUT2D eigenvalue weighted by atomic mass is 35.5. The molecule has 0 saturated carbocycles. The Morgan fingerprint density at radius 1 is 1.62 bits per heavy atom. The molecule has 0 spiro atoms. The molecule has 0 bridgehead atoms. The first-order valence-corrected chi connectivity index (χ1v) is 4.28. The van der Waals surface area contributed by atoms with Crippen LogP contribution in [0.4, 0.5) is 0 Å². The van der Waals surface area contributed by atoms with Crippen molar-refractivity contribution in [3.05, 3.63) is 18.3 Å². The molecule has 0 aliphatic carbocycles. The van der Waals surface area contributed by atoms with Gasteiger partial charge in [-0.3, -0.25) is 5.10 Å². The van der Waals surface area contributed by atoms with Gasteiger partial charge in [-0.1, -0.05) is 0 Å². The largest absolute Gasteiger partial charge is 0.331 e. The maximum atomic E-state index is 5.59. The number of nitrogens with zero attached hydrogens (tertiary/aromatic N) is 4. The molecule has 0 radical (unpaired) electrons. The molecule has 0 amide bonds. The third kappa shape index (κ3) is 1.42. The molecule has 0 atom stereocenters. The van der Waals surface area contributed by atoms with Gasteiger partial charge in [0.2, 0.25) is 0 Å². The minimum Gasteiger partial charge on any atom is -0.331 e. The molecule has 0 aliphatic heterocycles. The van der Waals surface area contributed by atoms with Crippen LogP contribution in [0.3, 0.4) is 0 Å². The zero-order chi connectivity index (χ0) is 9.26. The van der Waals surface area contributed by atoms with Gasteiger partial charge in [-0.05, 0) is 0 Å². The van der Waals surface area contributed by atoms with Gasteiger partial charge < -0.3 is 4.57 Å². The Morgan fingerprint density at radius 2 is 2.46 bits per heavy atom. The average Bonchev–Trinajstić information content (AvgIpc) is 2.71. The highest BCUT2D eigenvalue weighted by molar-refractivity contribution is 6.16. The third-order valence-corrected chi connectivity index (χ3v) is 1.96. The van der Waals surface area contributed by atoms with Gasteiger partial charge in [0.15, 0.2) is 5.82 Å². The van der Waals surface area contributed by atoms with E-state index in [9.17, 15) is 0 Å². The zero-order valence-electron chi connectivity index (χ0n) is 7.03. The average molecular weight is 198 g/mol. The Labute approximate surface area is 79.8 Å². The molecule has 0 unspecified atom stereocenters. The van der Waals surface area contributed by atoms with Gasteiger partial charge in [0.05, 0.1) is 18.4 Å². The summed E-state index contributed by atoms with van der Waals surface area (Å²) in [5.74, 6) is 1.62. The van der Waals surface area contributed by atoms with Crippen LogP contribution >= 0.6 is 11.6 Å². The highest BCUT2D eigenvalue weighted by Crippen LogP contribution is 2.12. The van der Waals surface area contributed by atoms with Crippen molar-refractivity contribution in [1.82, 2.24) is 24.7 Å². The Kier molecular flexibility index (Phi) is 2.02. The molecule has 2 heterocycles. The van der Waals surface area contributed by atoms with Crippen LogP contribution in [0.15, 0.2) is 12.5 Å². The van der Waals surface area contributed by atoms with E-state index in [4.69, 9.17) is 11.6 Å². The van der Waals surface area contributed by atoms with Crippen LogP contribution in [0, 0.1) is 0 Å². The number of aryl methyl sites for hydroxylation is 1. The lowest BCUT2D eigenvalue weighted by atomic mass is 10.4. The summed E-state index contributed by atoms with van der Waals surface area (Å²) in [6.45, 7) is 0. The summed E-state index contributed by atoms with van der Waals surface area (Å²) in [6, 6.07) is 0. The molecule has 0 fully saturated rings. The molecule has 68 valence electrons. The zero-order valence-corrected chi connectivity index (χ0v) is 7.78. The Bertz CT molecular complexity index is 404. The van der Waals surface area contributed by atoms with Gasteiger partial charge in [0, 0.05) is 7.05 Å². The van der Waals surface area contributed by atoms with Crippen molar-refractivity contribution >= 4 is 11.6 Å². The van der Waals surface area contributed by atoms with E-state index in [1.807, 2.05) is 11.6 Å². The van der Waals surface area contributed by atoms with E-state index in [1.54, 1.807) is 12.5 Å². The highest BCUT2D eigenvalue weighted by Gasteiger charge is 2.07. The fraction of sp³-hybridized carbons (Fsp3) is 0.286. The van der Waals surface area contributed by atoms with E-state index in [0.717, 1.165) is 5.69 Å². The second-order valence-corrected chi connectivity index (χ2v) is 2.90. The van der Waals surface area contributed by atoms with E-state index < -0.39 is 0 Å². The van der Waals surface area contributed by atoms with Crippen LogP contribution in [0.1, 0.15) is 5.82 Å². The van der Waals surface area contributed by atoms with E-state index in [-0.39, 0.29) is 0 Å². The minimum atomic E-state index is 0.338. The molecule has 0 aromatic carbocycles. The standard InChI is InChI=1S/C7H8ClN5/c1-13-4-9-3-5(13)7-10-6(2-8)11-12-7/h3-4H,2H2,1H3,(H,10,11,12). The predicted molar refractivity (Wildman–Crippen MR) is 48.1 cm³/mol. The second-order valence-electron chi connectivity index (χ2n) is 2.63. The first-order chi connectivity index (χ1) is 6.31. The van der Waals surface area contributed by atoms with Gasteiger partial charge in [-0.2, -0.15) is 5.10 Å². The lowest BCUT2D eigenvalue weighted by Crippen LogP contribution is -1.90. The van der Waals surface area contributed by atoms with Crippen LogP contribution < -0.4 is 0 Å². The molecule has 0 aliphatic rings. The summed E-state index contributed by atoms with van der Waals surface area (Å²) in [7, 11) is 1.89. The summed E-state index contributed by atoms with van der Waals surface area (Å²) in [6.07, 6.45) is 3.41. The number of hydrogen-bond acceptors (Lipinski definition) is 3. The molecule has 2 rings (SSSR count). The summed E-state index contributed by atoms with van der Waals surface area (Å²) in [4.78, 5) is 8.14. The molecular weight excluding hydrogens is 190 g/mol. The van der Waals surface area contributed by atoms with Crippen molar-refractivity contribution in [2.24, 2.45) is 7.05 Å². The molecule has 0 saturated heterocycles. The number of imidazole rings is 1. The number of alkyl halides is 1. The van der Waals surface area contributed by atoms with E-state index in [2.05, 4.69) is 20.2 Å². The number of rotatable bonds is 2. The Hall–Kier alpha value is -1.36. The van der Waals surface area contributed by atoms with Crippen molar-refractivity contribution < 1.29 is 0 Å². The quantitative estimate of drug-likeness (QED) is 0.730. The normalized spacial score (nSPS) is 10.6. The van der Waals surface area contributed by atoms with Crippen molar-refractivity contribution in [3.63, 3.8) is 0 Å². The summed E-state index contributed by atoms with van der Waals surface area (Å²) in [5, 5.41) is 6.75. The maximum Gasteiger partial charge on any atom is 0.199 e. The van der Waals surface area contributed by atoms with Crippen LogP contribution in [-0.4, -0.2) is 24.7 Å².